The summed E-state index contributed by atoms with van der Waals surface area (Å²) < 4.78 is 4.74. The average molecular weight is 330 g/mol. The second-order valence-corrected chi connectivity index (χ2v) is 6.38. The van der Waals surface area contributed by atoms with Gasteiger partial charge in [0.15, 0.2) is 0 Å². The van der Waals surface area contributed by atoms with Gasteiger partial charge in [0.1, 0.15) is 0 Å². The summed E-state index contributed by atoms with van der Waals surface area (Å²) in [6.07, 6.45) is 2.40. The van der Waals surface area contributed by atoms with Gasteiger partial charge < -0.3 is 9.64 Å². The molecular formula is C17H18N2O3S. The van der Waals surface area contributed by atoms with Gasteiger partial charge in [0.2, 0.25) is 5.91 Å². The van der Waals surface area contributed by atoms with Gasteiger partial charge in [-0.15, -0.1) is 11.3 Å². The van der Waals surface area contributed by atoms with Crippen LogP contribution in [0.1, 0.15) is 28.2 Å². The lowest BCUT2D eigenvalue weighted by molar-refractivity contribution is -0.127. The largest absolute Gasteiger partial charge is 0.465 e. The molecule has 3 rings (SSSR count). The topological polar surface area (TPSA) is 59.5 Å². The van der Waals surface area contributed by atoms with E-state index in [0.29, 0.717) is 12.0 Å². The van der Waals surface area contributed by atoms with Crippen LogP contribution in [-0.2, 0) is 16.0 Å². The van der Waals surface area contributed by atoms with Gasteiger partial charge in [0, 0.05) is 36.9 Å². The first-order valence-corrected chi connectivity index (χ1v) is 8.46. The quantitative estimate of drug-likeness (QED) is 0.791. The zero-order chi connectivity index (χ0) is 16.2. The Labute approximate surface area is 138 Å². The zero-order valence-corrected chi connectivity index (χ0v) is 13.8. The van der Waals surface area contributed by atoms with Crippen LogP contribution < -0.4 is 0 Å². The van der Waals surface area contributed by atoms with Gasteiger partial charge in [-0.25, -0.2) is 9.78 Å². The maximum atomic E-state index is 11.6. The molecule has 0 aliphatic carbocycles. The molecule has 0 saturated carbocycles. The summed E-state index contributed by atoms with van der Waals surface area (Å²) in [5.41, 5.74) is 2.26. The van der Waals surface area contributed by atoms with Crippen molar-refractivity contribution in [1.82, 2.24) is 9.88 Å². The van der Waals surface area contributed by atoms with Crippen molar-refractivity contribution in [2.75, 3.05) is 20.2 Å². The molecule has 1 saturated heterocycles. The first-order chi connectivity index (χ1) is 11.2. The standard InChI is InChI=1S/C17H18N2O3S/c1-22-17(21)13-5-2-4-12(10-13)14-11-23-15(18-14)7-9-19-8-3-6-16(19)20/h2,4-5,10-11H,3,6-9H2,1H3. The number of thiazole rings is 1. The highest BCUT2D eigenvalue weighted by Crippen LogP contribution is 2.24. The first kappa shape index (κ1) is 15.7. The van der Waals surface area contributed by atoms with Crippen LogP contribution >= 0.6 is 11.3 Å². The van der Waals surface area contributed by atoms with Crippen LogP contribution in [0.15, 0.2) is 29.6 Å². The maximum absolute atomic E-state index is 11.6. The van der Waals surface area contributed by atoms with Crippen LogP contribution in [0, 0.1) is 0 Å². The number of likely N-dealkylation sites (tertiary alicyclic amines) is 1. The molecule has 0 unspecified atom stereocenters. The second kappa shape index (κ2) is 6.91. The van der Waals surface area contributed by atoms with Crippen molar-refractivity contribution in [3.8, 4) is 11.3 Å². The number of rotatable bonds is 5. The minimum absolute atomic E-state index is 0.243. The molecule has 0 N–H and O–H groups in total. The molecule has 1 fully saturated rings. The van der Waals surface area contributed by atoms with Gasteiger partial charge >= 0.3 is 5.97 Å². The van der Waals surface area contributed by atoms with E-state index in [0.717, 1.165) is 42.2 Å². The Morgan fingerprint density at radius 1 is 1.43 bits per heavy atom. The molecule has 1 aromatic carbocycles. The number of ether oxygens (including phenoxy) is 1. The van der Waals surface area contributed by atoms with E-state index >= 15 is 0 Å². The van der Waals surface area contributed by atoms with Gasteiger partial charge in [-0.2, -0.15) is 0 Å². The zero-order valence-electron chi connectivity index (χ0n) is 12.9. The van der Waals surface area contributed by atoms with Crippen molar-refractivity contribution < 1.29 is 14.3 Å². The Balaban J connectivity index is 1.69. The molecule has 6 heteroatoms. The smallest absolute Gasteiger partial charge is 0.337 e. The van der Waals surface area contributed by atoms with Crippen LogP contribution in [0.2, 0.25) is 0 Å². The average Bonchev–Trinajstić information content (AvgIpc) is 3.21. The molecule has 120 valence electrons. The number of esters is 1. The summed E-state index contributed by atoms with van der Waals surface area (Å²) in [6, 6.07) is 7.26. The molecule has 1 amide bonds. The molecule has 1 aliphatic heterocycles. The predicted molar refractivity (Wildman–Crippen MR) is 88.4 cm³/mol. The Morgan fingerprint density at radius 3 is 3.04 bits per heavy atom. The molecule has 1 aromatic heterocycles. The van der Waals surface area contributed by atoms with Crippen LogP contribution in [0.25, 0.3) is 11.3 Å². The van der Waals surface area contributed by atoms with Crippen molar-refractivity contribution in [1.29, 1.82) is 0 Å². The van der Waals surface area contributed by atoms with E-state index in [1.54, 1.807) is 23.5 Å². The number of hydrogen-bond acceptors (Lipinski definition) is 5. The highest BCUT2D eigenvalue weighted by molar-refractivity contribution is 7.09. The van der Waals surface area contributed by atoms with Crippen molar-refractivity contribution in [2.45, 2.75) is 19.3 Å². The van der Waals surface area contributed by atoms with E-state index in [1.165, 1.54) is 7.11 Å². The first-order valence-electron chi connectivity index (χ1n) is 7.58. The summed E-state index contributed by atoms with van der Waals surface area (Å²) in [4.78, 5) is 29.7. The van der Waals surface area contributed by atoms with Crippen LogP contribution in [0.4, 0.5) is 0 Å². The van der Waals surface area contributed by atoms with Crippen LogP contribution in [-0.4, -0.2) is 42.0 Å². The fourth-order valence-electron chi connectivity index (χ4n) is 2.65. The number of nitrogens with zero attached hydrogens (tertiary/aromatic N) is 2. The number of benzene rings is 1. The highest BCUT2D eigenvalue weighted by Gasteiger charge is 2.20. The lowest BCUT2D eigenvalue weighted by Crippen LogP contribution is -2.26. The lowest BCUT2D eigenvalue weighted by Gasteiger charge is -2.13. The predicted octanol–water partition coefficient (Wildman–Crippen LogP) is 2.76. The van der Waals surface area contributed by atoms with Crippen molar-refractivity contribution in [3.63, 3.8) is 0 Å². The summed E-state index contributed by atoms with van der Waals surface area (Å²) in [6.45, 7) is 1.59. The Hall–Kier alpha value is -2.21. The Morgan fingerprint density at radius 2 is 2.30 bits per heavy atom. The fourth-order valence-corrected chi connectivity index (χ4v) is 3.45. The molecule has 0 spiro atoms. The molecule has 5 nitrogen and oxygen atoms in total. The van der Waals surface area contributed by atoms with Crippen molar-refractivity contribution >= 4 is 23.2 Å². The van der Waals surface area contributed by atoms with E-state index in [4.69, 9.17) is 4.74 Å². The molecule has 2 aromatic rings. The minimum atomic E-state index is -0.352. The number of amides is 1. The third kappa shape index (κ3) is 3.59. The van der Waals surface area contributed by atoms with E-state index in [2.05, 4.69) is 4.98 Å². The normalized spacial score (nSPS) is 14.3. The second-order valence-electron chi connectivity index (χ2n) is 5.43. The van der Waals surface area contributed by atoms with Crippen molar-refractivity contribution in [3.05, 3.63) is 40.2 Å². The third-order valence-electron chi connectivity index (χ3n) is 3.90. The Bertz CT molecular complexity index is 726. The number of aromatic nitrogens is 1. The summed E-state index contributed by atoms with van der Waals surface area (Å²) in [5, 5.41) is 2.99. The minimum Gasteiger partial charge on any atom is -0.465 e. The monoisotopic (exact) mass is 330 g/mol. The summed E-state index contributed by atoms with van der Waals surface area (Å²) >= 11 is 1.58. The molecule has 23 heavy (non-hydrogen) atoms. The van der Waals surface area contributed by atoms with E-state index in [-0.39, 0.29) is 11.9 Å². The number of hydrogen-bond donors (Lipinski definition) is 0. The molecule has 0 atom stereocenters. The van der Waals surface area contributed by atoms with Gasteiger partial charge in [-0.3, -0.25) is 4.79 Å². The van der Waals surface area contributed by atoms with E-state index in [9.17, 15) is 9.59 Å². The number of carbonyl (C=O) groups is 2. The van der Waals surface area contributed by atoms with Gasteiger partial charge in [0.25, 0.3) is 0 Å². The van der Waals surface area contributed by atoms with Crippen LogP contribution in [0.5, 0.6) is 0 Å². The van der Waals surface area contributed by atoms with Gasteiger partial charge in [-0.1, -0.05) is 12.1 Å². The van der Waals surface area contributed by atoms with E-state index < -0.39 is 0 Å². The molecular weight excluding hydrogens is 312 g/mol. The maximum Gasteiger partial charge on any atom is 0.337 e. The van der Waals surface area contributed by atoms with Gasteiger partial charge in [-0.05, 0) is 18.6 Å². The third-order valence-corrected chi connectivity index (χ3v) is 4.81. The highest BCUT2D eigenvalue weighted by atomic mass is 32.1. The Kier molecular flexibility index (Phi) is 4.71. The fraction of sp³-hybridized carbons (Fsp3) is 0.353. The van der Waals surface area contributed by atoms with Crippen LogP contribution in [0.3, 0.4) is 0 Å². The van der Waals surface area contributed by atoms with E-state index in [1.807, 2.05) is 22.4 Å². The summed E-state index contributed by atoms with van der Waals surface area (Å²) in [7, 11) is 1.37. The molecule has 1 aliphatic rings. The summed E-state index contributed by atoms with van der Waals surface area (Å²) in [5.74, 6) is -0.109. The number of carbonyl (C=O) groups excluding carboxylic acids is 2. The molecule has 0 radical (unpaired) electrons. The SMILES string of the molecule is COC(=O)c1cccc(-c2csc(CCN3CCCC3=O)n2)c1. The molecule has 2 heterocycles. The molecule has 0 bridgehead atoms. The van der Waals surface area contributed by atoms with Crippen molar-refractivity contribution in [2.24, 2.45) is 0 Å². The number of methoxy groups -OCH3 is 1. The lowest BCUT2D eigenvalue weighted by atomic mass is 10.1. The van der Waals surface area contributed by atoms with Gasteiger partial charge in [0.05, 0.1) is 23.4 Å².